The van der Waals surface area contributed by atoms with Crippen LogP contribution < -0.4 is 4.90 Å². The molecule has 0 bridgehead atoms. The van der Waals surface area contributed by atoms with E-state index in [9.17, 15) is 20.2 Å². The summed E-state index contributed by atoms with van der Waals surface area (Å²) in [5, 5.41) is 21.8. The van der Waals surface area contributed by atoms with E-state index in [4.69, 9.17) is 0 Å². The molecule has 1 aliphatic rings. The maximum atomic E-state index is 11.1. The molecular weight excluding hydrogens is 250 g/mol. The van der Waals surface area contributed by atoms with Gasteiger partial charge in [-0.25, -0.2) is 0 Å². The third-order valence-electron chi connectivity index (χ3n) is 3.48. The van der Waals surface area contributed by atoms with E-state index in [1.54, 1.807) is 0 Å². The molecule has 1 saturated heterocycles. The number of nitro benzene ring substituents is 2. The third kappa shape index (κ3) is 2.64. The van der Waals surface area contributed by atoms with Crippen molar-refractivity contribution in [2.24, 2.45) is 0 Å². The van der Waals surface area contributed by atoms with Gasteiger partial charge in [0.25, 0.3) is 11.4 Å². The first-order chi connectivity index (χ1) is 9.00. The van der Waals surface area contributed by atoms with Crippen LogP contribution in [-0.2, 0) is 0 Å². The number of non-ortho nitro benzene ring substituents is 1. The molecule has 1 heterocycles. The smallest absolute Gasteiger partial charge is 0.299 e. The molecule has 102 valence electrons. The van der Waals surface area contributed by atoms with E-state index in [1.807, 2.05) is 11.8 Å². The molecular formula is C12H15N3O4. The van der Waals surface area contributed by atoms with Crippen molar-refractivity contribution in [3.05, 3.63) is 38.4 Å². The van der Waals surface area contributed by atoms with Crippen LogP contribution >= 0.6 is 0 Å². The molecule has 0 aromatic heterocycles. The first-order valence-corrected chi connectivity index (χ1v) is 6.20. The quantitative estimate of drug-likeness (QED) is 0.619. The Morgan fingerprint density at radius 2 is 1.95 bits per heavy atom. The van der Waals surface area contributed by atoms with E-state index in [1.165, 1.54) is 12.1 Å². The number of nitrogens with zero attached hydrogens (tertiary/aromatic N) is 3. The molecule has 1 atom stereocenters. The highest BCUT2D eigenvalue weighted by molar-refractivity contribution is 5.67. The van der Waals surface area contributed by atoms with Crippen molar-refractivity contribution in [3.8, 4) is 0 Å². The predicted octanol–water partition coefficient (Wildman–Crippen LogP) is 2.88. The molecule has 2 rings (SSSR count). The van der Waals surface area contributed by atoms with Gasteiger partial charge in [-0.1, -0.05) is 0 Å². The summed E-state index contributed by atoms with van der Waals surface area (Å²) in [5.74, 6) is 0. The number of rotatable bonds is 3. The van der Waals surface area contributed by atoms with E-state index < -0.39 is 9.85 Å². The molecule has 0 N–H and O–H groups in total. The van der Waals surface area contributed by atoms with Gasteiger partial charge in [0.2, 0.25) is 0 Å². The van der Waals surface area contributed by atoms with Gasteiger partial charge in [0, 0.05) is 18.7 Å². The Hall–Kier alpha value is -2.18. The maximum absolute atomic E-state index is 11.1. The van der Waals surface area contributed by atoms with Gasteiger partial charge in [-0.2, -0.15) is 0 Å². The number of piperidine rings is 1. The average Bonchev–Trinajstić information content (AvgIpc) is 2.38. The van der Waals surface area contributed by atoms with Crippen LogP contribution in [0.1, 0.15) is 26.2 Å². The Bertz CT molecular complexity index is 518. The third-order valence-corrected chi connectivity index (χ3v) is 3.48. The number of anilines is 1. The van der Waals surface area contributed by atoms with Crippen LogP contribution in [0.5, 0.6) is 0 Å². The molecule has 0 saturated carbocycles. The molecule has 1 aliphatic heterocycles. The van der Waals surface area contributed by atoms with Gasteiger partial charge in [0.05, 0.1) is 15.9 Å². The lowest BCUT2D eigenvalue weighted by atomic mass is 10.0. The van der Waals surface area contributed by atoms with Crippen molar-refractivity contribution in [2.75, 3.05) is 11.4 Å². The summed E-state index contributed by atoms with van der Waals surface area (Å²) in [6.07, 6.45) is 3.07. The van der Waals surface area contributed by atoms with Gasteiger partial charge < -0.3 is 4.90 Å². The standard InChI is InChI=1S/C12H15N3O4/c1-9-4-2-3-7-13(9)11-6-5-10(14(16)17)8-12(11)15(18)19/h5-6,8-9H,2-4,7H2,1H3/t9-/m0/s1. The van der Waals surface area contributed by atoms with Gasteiger partial charge in [-0.3, -0.25) is 20.2 Å². The monoisotopic (exact) mass is 265 g/mol. The van der Waals surface area contributed by atoms with Gasteiger partial charge >= 0.3 is 0 Å². The fourth-order valence-electron chi connectivity index (χ4n) is 2.47. The zero-order valence-corrected chi connectivity index (χ0v) is 10.6. The summed E-state index contributed by atoms with van der Waals surface area (Å²) in [7, 11) is 0. The van der Waals surface area contributed by atoms with Gasteiger partial charge in [-0.15, -0.1) is 0 Å². The fourth-order valence-corrected chi connectivity index (χ4v) is 2.47. The normalized spacial score (nSPS) is 19.2. The van der Waals surface area contributed by atoms with Crippen LogP contribution in [0.15, 0.2) is 18.2 Å². The Kier molecular flexibility index (Phi) is 3.64. The van der Waals surface area contributed by atoms with E-state index >= 15 is 0 Å². The highest BCUT2D eigenvalue weighted by atomic mass is 16.6. The Morgan fingerprint density at radius 3 is 2.53 bits per heavy atom. The van der Waals surface area contributed by atoms with Crippen molar-refractivity contribution >= 4 is 17.1 Å². The summed E-state index contributed by atoms with van der Waals surface area (Å²) in [6.45, 7) is 2.77. The van der Waals surface area contributed by atoms with Crippen molar-refractivity contribution in [2.45, 2.75) is 32.2 Å². The molecule has 0 aliphatic carbocycles. The second-order valence-corrected chi connectivity index (χ2v) is 4.73. The summed E-state index contributed by atoms with van der Waals surface area (Å²) < 4.78 is 0. The highest BCUT2D eigenvalue weighted by Crippen LogP contribution is 2.35. The SMILES string of the molecule is C[C@H]1CCCCN1c1ccc([N+](=O)[O-])cc1[N+](=O)[O-]. The first kappa shape index (κ1) is 13.3. The lowest BCUT2D eigenvalue weighted by Crippen LogP contribution is -2.37. The predicted molar refractivity (Wildman–Crippen MR) is 70.4 cm³/mol. The highest BCUT2D eigenvalue weighted by Gasteiger charge is 2.27. The lowest BCUT2D eigenvalue weighted by molar-refractivity contribution is -0.393. The van der Waals surface area contributed by atoms with E-state index in [-0.39, 0.29) is 17.4 Å². The minimum atomic E-state index is -0.615. The molecule has 19 heavy (non-hydrogen) atoms. The lowest BCUT2D eigenvalue weighted by Gasteiger charge is -2.34. The average molecular weight is 265 g/mol. The van der Waals surface area contributed by atoms with Gasteiger partial charge in [-0.05, 0) is 32.3 Å². The summed E-state index contributed by atoms with van der Waals surface area (Å²) in [5.41, 5.74) is 0.0332. The second-order valence-electron chi connectivity index (χ2n) is 4.73. The van der Waals surface area contributed by atoms with Crippen molar-refractivity contribution in [1.82, 2.24) is 0 Å². The molecule has 7 nitrogen and oxygen atoms in total. The molecule has 7 heteroatoms. The van der Waals surface area contributed by atoms with Crippen molar-refractivity contribution in [3.63, 3.8) is 0 Å². The Labute approximate surface area is 110 Å². The van der Waals surface area contributed by atoms with Crippen LogP contribution in [0.3, 0.4) is 0 Å². The van der Waals surface area contributed by atoms with Crippen LogP contribution in [-0.4, -0.2) is 22.4 Å². The number of hydrogen-bond acceptors (Lipinski definition) is 5. The zero-order chi connectivity index (χ0) is 14.0. The zero-order valence-electron chi connectivity index (χ0n) is 10.6. The Morgan fingerprint density at radius 1 is 1.21 bits per heavy atom. The molecule has 1 aromatic rings. The fraction of sp³-hybridized carbons (Fsp3) is 0.500. The van der Waals surface area contributed by atoms with Crippen molar-refractivity contribution < 1.29 is 9.85 Å². The van der Waals surface area contributed by atoms with Crippen LogP contribution in [0.4, 0.5) is 17.1 Å². The van der Waals surface area contributed by atoms with Gasteiger partial charge in [0.15, 0.2) is 0 Å². The van der Waals surface area contributed by atoms with Crippen LogP contribution in [0, 0.1) is 20.2 Å². The summed E-state index contributed by atoms with van der Waals surface area (Å²) in [6, 6.07) is 4.06. The van der Waals surface area contributed by atoms with E-state index in [0.717, 1.165) is 31.9 Å². The molecule has 0 radical (unpaired) electrons. The number of nitro groups is 2. The molecule has 0 amide bonds. The number of benzene rings is 1. The first-order valence-electron chi connectivity index (χ1n) is 6.20. The largest absolute Gasteiger partial charge is 0.363 e. The maximum Gasteiger partial charge on any atom is 0.299 e. The summed E-state index contributed by atoms with van der Waals surface area (Å²) in [4.78, 5) is 22.6. The molecule has 1 fully saturated rings. The summed E-state index contributed by atoms with van der Waals surface area (Å²) >= 11 is 0. The molecule has 1 aromatic carbocycles. The Balaban J connectivity index is 2.44. The second kappa shape index (κ2) is 5.21. The van der Waals surface area contributed by atoms with Crippen LogP contribution in [0.2, 0.25) is 0 Å². The van der Waals surface area contributed by atoms with E-state index in [2.05, 4.69) is 0 Å². The minimum absolute atomic E-state index is 0.192. The number of hydrogen-bond donors (Lipinski definition) is 0. The van der Waals surface area contributed by atoms with E-state index in [0.29, 0.717) is 5.69 Å². The van der Waals surface area contributed by atoms with Crippen LogP contribution in [0.25, 0.3) is 0 Å². The molecule has 0 spiro atoms. The minimum Gasteiger partial charge on any atom is -0.363 e. The van der Waals surface area contributed by atoms with Crippen molar-refractivity contribution in [1.29, 1.82) is 0 Å². The molecule has 0 unspecified atom stereocenters. The topological polar surface area (TPSA) is 89.5 Å². The van der Waals surface area contributed by atoms with Gasteiger partial charge in [0.1, 0.15) is 5.69 Å².